The number of hydrogen-bond donors (Lipinski definition) is 1. The van der Waals surface area contributed by atoms with Gasteiger partial charge >= 0.3 is 0 Å². The summed E-state index contributed by atoms with van der Waals surface area (Å²) in [4.78, 5) is 10.9. The lowest BCUT2D eigenvalue weighted by Gasteiger charge is -2.25. The zero-order chi connectivity index (χ0) is 13.7. The Morgan fingerprint density at radius 2 is 2.26 bits per heavy atom. The Bertz CT molecular complexity index is 379. The summed E-state index contributed by atoms with van der Waals surface area (Å²) in [6.45, 7) is 7.68. The van der Waals surface area contributed by atoms with Crippen molar-refractivity contribution < 1.29 is 0 Å². The van der Waals surface area contributed by atoms with E-state index >= 15 is 0 Å². The molecule has 19 heavy (non-hydrogen) atoms. The molecule has 1 aromatic heterocycles. The molecule has 108 valence electrons. The molecule has 0 bridgehead atoms. The molecule has 2 rings (SSSR count). The number of thiazole rings is 1. The number of likely N-dealkylation sites (N-methyl/N-ethyl adjacent to an activating group) is 2. The maximum absolute atomic E-state index is 4.66. The quantitative estimate of drug-likeness (QED) is 0.837. The van der Waals surface area contributed by atoms with E-state index in [1.54, 1.807) is 0 Å². The monoisotopic (exact) mass is 282 g/mol. The molecule has 0 radical (unpaired) electrons. The third kappa shape index (κ3) is 4.24. The van der Waals surface area contributed by atoms with Gasteiger partial charge in [0.25, 0.3) is 0 Å². The van der Waals surface area contributed by atoms with Crippen LogP contribution < -0.4 is 5.32 Å². The van der Waals surface area contributed by atoms with Gasteiger partial charge in [-0.3, -0.25) is 4.90 Å². The van der Waals surface area contributed by atoms with Gasteiger partial charge in [-0.1, -0.05) is 6.92 Å². The van der Waals surface area contributed by atoms with Crippen LogP contribution in [0.25, 0.3) is 0 Å². The largest absolute Gasteiger partial charge is 0.312 e. The summed E-state index contributed by atoms with van der Waals surface area (Å²) < 4.78 is 0. The fraction of sp³-hybridized carbons (Fsp3) is 0.786. The summed E-state index contributed by atoms with van der Waals surface area (Å²) in [5.41, 5.74) is 0. The van der Waals surface area contributed by atoms with Crippen molar-refractivity contribution in [1.82, 2.24) is 20.1 Å². The highest BCUT2D eigenvalue weighted by Gasteiger charge is 2.24. The molecule has 1 aromatic rings. The third-order valence-corrected chi connectivity index (χ3v) is 4.75. The predicted molar refractivity (Wildman–Crippen MR) is 81.6 cm³/mol. The Labute approximate surface area is 120 Å². The van der Waals surface area contributed by atoms with E-state index in [1.165, 1.54) is 29.3 Å². The summed E-state index contributed by atoms with van der Waals surface area (Å²) in [6.07, 6.45) is 4.48. The van der Waals surface area contributed by atoms with Crippen LogP contribution in [-0.4, -0.2) is 55.1 Å². The molecule has 0 aromatic carbocycles. The summed E-state index contributed by atoms with van der Waals surface area (Å²) in [5.74, 6) is 0. The molecule has 0 aliphatic carbocycles. The summed E-state index contributed by atoms with van der Waals surface area (Å²) in [6, 6.07) is 0.456. The van der Waals surface area contributed by atoms with Crippen molar-refractivity contribution >= 4 is 11.3 Å². The first-order valence-electron chi connectivity index (χ1n) is 7.24. The van der Waals surface area contributed by atoms with Crippen molar-refractivity contribution in [1.29, 1.82) is 0 Å². The Morgan fingerprint density at radius 3 is 3.05 bits per heavy atom. The lowest BCUT2D eigenvalue weighted by molar-refractivity contribution is 0.228. The van der Waals surface area contributed by atoms with Gasteiger partial charge in [-0.2, -0.15) is 0 Å². The molecule has 1 N–H and O–H groups in total. The van der Waals surface area contributed by atoms with Crippen molar-refractivity contribution in [2.75, 3.05) is 40.3 Å². The summed E-state index contributed by atoms with van der Waals surface area (Å²) >= 11 is 1.86. The molecule has 1 aliphatic rings. The molecule has 0 spiro atoms. The van der Waals surface area contributed by atoms with E-state index in [4.69, 9.17) is 0 Å². The van der Waals surface area contributed by atoms with Crippen molar-refractivity contribution in [3.05, 3.63) is 16.1 Å². The van der Waals surface area contributed by atoms with Gasteiger partial charge in [-0.15, -0.1) is 11.3 Å². The number of nitrogens with zero attached hydrogens (tertiary/aromatic N) is 3. The molecule has 0 amide bonds. The summed E-state index contributed by atoms with van der Waals surface area (Å²) in [5, 5.41) is 4.71. The van der Waals surface area contributed by atoms with Gasteiger partial charge in [-0.25, -0.2) is 4.98 Å². The Kier molecular flexibility index (Phi) is 5.76. The van der Waals surface area contributed by atoms with Gasteiger partial charge in [0.1, 0.15) is 5.01 Å². The van der Waals surface area contributed by atoms with Crippen molar-refractivity contribution in [2.24, 2.45) is 0 Å². The SMILES string of the molecule is CCCNCc1cnc(C2CN(C)CCCN2C)s1. The van der Waals surface area contributed by atoms with Crippen molar-refractivity contribution in [3.63, 3.8) is 0 Å². The van der Waals surface area contributed by atoms with E-state index in [0.29, 0.717) is 6.04 Å². The Morgan fingerprint density at radius 1 is 1.42 bits per heavy atom. The van der Waals surface area contributed by atoms with Crippen LogP contribution in [0.4, 0.5) is 0 Å². The van der Waals surface area contributed by atoms with Gasteiger partial charge in [0.05, 0.1) is 6.04 Å². The van der Waals surface area contributed by atoms with Crippen LogP contribution in [0.15, 0.2) is 6.20 Å². The van der Waals surface area contributed by atoms with Crippen LogP contribution in [0.1, 0.15) is 35.7 Å². The third-order valence-electron chi connectivity index (χ3n) is 3.65. The Hall–Kier alpha value is -0.490. The molecule has 1 atom stereocenters. The van der Waals surface area contributed by atoms with Gasteiger partial charge < -0.3 is 10.2 Å². The fourth-order valence-electron chi connectivity index (χ4n) is 2.49. The standard InChI is InChI=1S/C14H26N4S/c1-4-6-15-9-12-10-16-14(19-12)13-11-17(2)7-5-8-18(13)3/h10,13,15H,4-9,11H2,1-3H3. The highest BCUT2D eigenvalue weighted by atomic mass is 32.1. The fourth-order valence-corrected chi connectivity index (χ4v) is 3.53. The first-order valence-corrected chi connectivity index (χ1v) is 8.06. The van der Waals surface area contributed by atoms with Crippen molar-refractivity contribution in [3.8, 4) is 0 Å². The van der Waals surface area contributed by atoms with Gasteiger partial charge in [-0.05, 0) is 46.6 Å². The van der Waals surface area contributed by atoms with E-state index in [2.05, 4.69) is 41.1 Å². The zero-order valence-electron chi connectivity index (χ0n) is 12.4. The van der Waals surface area contributed by atoms with Gasteiger partial charge in [0, 0.05) is 24.2 Å². The second kappa shape index (κ2) is 7.33. The molecule has 2 heterocycles. The number of nitrogens with one attached hydrogen (secondary N) is 1. The molecule has 1 aliphatic heterocycles. The second-order valence-electron chi connectivity index (χ2n) is 5.45. The molecule has 1 unspecified atom stereocenters. The van der Waals surface area contributed by atoms with Crippen LogP contribution >= 0.6 is 11.3 Å². The maximum atomic E-state index is 4.66. The Balaban J connectivity index is 1.99. The highest BCUT2D eigenvalue weighted by Crippen LogP contribution is 2.27. The van der Waals surface area contributed by atoms with Crippen LogP contribution in [0, 0.1) is 0 Å². The van der Waals surface area contributed by atoms with E-state index < -0.39 is 0 Å². The van der Waals surface area contributed by atoms with Gasteiger partial charge in [0.2, 0.25) is 0 Å². The smallest absolute Gasteiger partial charge is 0.111 e. The van der Waals surface area contributed by atoms with E-state index in [0.717, 1.165) is 26.2 Å². The maximum Gasteiger partial charge on any atom is 0.111 e. The molecular weight excluding hydrogens is 256 g/mol. The molecule has 4 nitrogen and oxygen atoms in total. The lowest BCUT2D eigenvalue weighted by atomic mass is 10.2. The van der Waals surface area contributed by atoms with Crippen LogP contribution in [0.3, 0.4) is 0 Å². The van der Waals surface area contributed by atoms with E-state index in [-0.39, 0.29) is 0 Å². The number of hydrogen-bond acceptors (Lipinski definition) is 5. The average Bonchev–Trinajstić information content (AvgIpc) is 2.78. The minimum atomic E-state index is 0.456. The van der Waals surface area contributed by atoms with E-state index in [9.17, 15) is 0 Å². The molecule has 5 heteroatoms. The summed E-state index contributed by atoms with van der Waals surface area (Å²) in [7, 11) is 4.43. The molecular formula is C14H26N4S. The molecule has 0 saturated carbocycles. The lowest BCUT2D eigenvalue weighted by Crippen LogP contribution is -2.30. The van der Waals surface area contributed by atoms with Crippen LogP contribution in [-0.2, 0) is 6.54 Å². The first-order chi connectivity index (χ1) is 9.20. The number of rotatable bonds is 5. The number of aromatic nitrogens is 1. The minimum Gasteiger partial charge on any atom is -0.312 e. The average molecular weight is 282 g/mol. The van der Waals surface area contributed by atoms with Crippen LogP contribution in [0.2, 0.25) is 0 Å². The zero-order valence-corrected chi connectivity index (χ0v) is 13.2. The van der Waals surface area contributed by atoms with Crippen molar-refractivity contribution in [2.45, 2.75) is 32.4 Å². The normalized spacial score (nSPS) is 22.6. The van der Waals surface area contributed by atoms with Gasteiger partial charge in [0.15, 0.2) is 0 Å². The van der Waals surface area contributed by atoms with Crippen LogP contribution in [0.5, 0.6) is 0 Å². The first kappa shape index (κ1) is 14.9. The van der Waals surface area contributed by atoms with E-state index in [1.807, 2.05) is 17.5 Å². The topological polar surface area (TPSA) is 31.4 Å². The molecule has 1 fully saturated rings. The predicted octanol–water partition coefficient (Wildman–Crippen LogP) is 1.95. The minimum absolute atomic E-state index is 0.456. The second-order valence-corrected chi connectivity index (χ2v) is 6.60. The molecule has 1 saturated heterocycles. The highest BCUT2D eigenvalue weighted by molar-refractivity contribution is 7.11.